The zero-order valence-corrected chi connectivity index (χ0v) is 10.0. The molecule has 2 heterocycles. The fourth-order valence-corrected chi connectivity index (χ4v) is 1.90. The van der Waals surface area contributed by atoms with Gasteiger partial charge in [-0.2, -0.15) is 0 Å². The summed E-state index contributed by atoms with van der Waals surface area (Å²) in [6.07, 6.45) is 7.27. The average Bonchev–Trinajstić information content (AvgIpc) is 2.87. The molecule has 0 saturated carbocycles. The fraction of sp³-hybridized carbons (Fsp3) is 0.417. The molecule has 86 valence electrons. The number of hydrogen-bond donors (Lipinski definition) is 0. The Morgan fingerprint density at radius 3 is 3.00 bits per heavy atom. The van der Waals surface area contributed by atoms with Gasteiger partial charge in [-0.15, -0.1) is 11.6 Å². The van der Waals surface area contributed by atoms with Gasteiger partial charge in [-0.1, -0.05) is 0 Å². The highest BCUT2D eigenvalue weighted by molar-refractivity contribution is 6.20. The standard InChI is InChI=1S/C12H15ClN2O/c1-10-2-4-12(16-10)5-3-11(13)8-15-7-6-14-9-15/h2,4,6-7,9,11H,3,5,8H2,1H3. The Balaban J connectivity index is 1.77. The van der Waals surface area contributed by atoms with Crippen LogP contribution >= 0.6 is 11.6 Å². The molecule has 1 atom stereocenters. The third-order valence-corrected chi connectivity index (χ3v) is 2.82. The molecule has 2 aromatic heterocycles. The second kappa shape index (κ2) is 5.21. The van der Waals surface area contributed by atoms with Crippen molar-refractivity contribution in [3.8, 4) is 0 Å². The van der Waals surface area contributed by atoms with E-state index in [4.69, 9.17) is 16.0 Å². The summed E-state index contributed by atoms with van der Waals surface area (Å²) in [5.41, 5.74) is 0. The van der Waals surface area contributed by atoms with Crippen LogP contribution in [0.15, 0.2) is 35.3 Å². The second-order valence-electron chi connectivity index (χ2n) is 3.91. The third kappa shape index (κ3) is 3.14. The lowest BCUT2D eigenvalue weighted by molar-refractivity contribution is 0.470. The van der Waals surface area contributed by atoms with E-state index in [9.17, 15) is 0 Å². The van der Waals surface area contributed by atoms with Crippen molar-refractivity contribution < 1.29 is 4.42 Å². The van der Waals surface area contributed by atoms with E-state index < -0.39 is 0 Å². The predicted molar refractivity (Wildman–Crippen MR) is 63.6 cm³/mol. The molecule has 0 aliphatic heterocycles. The van der Waals surface area contributed by atoms with Crippen molar-refractivity contribution in [2.45, 2.75) is 31.7 Å². The van der Waals surface area contributed by atoms with Crippen molar-refractivity contribution in [1.29, 1.82) is 0 Å². The summed E-state index contributed by atoms with van der Waals surface area (Å²) in [6.45, 7) is 2.74. The average molecular weight is 239 g/mol. The Hall–Kier alpha value is -1.22. The molecule has 0 fully saturated rings. The molecule has 0 aliphatic rings. The number of alkyl halides is 1. The molecule has 0 amide bonds. The number of aryl methyl sites for hydroxylation is 2. The molecule has 2 rings (SSSR count). The Morgan fingerprint density at radius 1 is 1.50 bits per heavy atom. The summed E-state index contributed by atoms with van der Waals surface area (Å²) in [5, 5.41) is 0.111. The van der Waals surface area contributed by atoms with Crippen LogP contribution in [0.1, 0.15) is 17.9 Å². The van der Waals surface area contributed by atoms with Crippen LogP contribution < -0.4 is 0 Å². The van der Waals surface area contributed by atoms with Gasteiger partial charge in [-0.25, -0.2) is 4.98 Å². The van der Waals surface area contributed by atoms with E-state index in [0.29, 0.717) is 0 Å². The second-order valence-corrected chi connectivity index (χ2v) is 4.53. The number of rotatable bonds is 5. The molecule has 3 nitrogen and oxygen atoms in total. The smallest absolute Gasteiger partial charge is 0.104 e. The molecular weight excluding hydrogens is 224 g/mol. The van der Waals surface area contributed by atoms with E-state index in [1.807, 2.05) is 29.8 Å². The molecule has 0 saturated heterocycles. The zero-order valence-electron chi connectivity index (χ0n) is 9.27. The molecule has 1 unspecified atom stereocenters. The molecule has 0 bridgehead atoms. The van der Waals surface area contributed by atoms with Gasteiger partial charge in [0.2, 0.25) is 0 Å². The SMILES string of the molecule is Cc1ccc(CCC(Cl)Cn2ccnc2)o1. The van der Waals surface area contributed by atoms with Crippen molar-refractivity contribution >= 4 is 11.6 Å². The van der Waals surface area contributed by atoms with Crippen LogP contribution in [-0.4, -0.2) is 14.9 Å². The van der Waals surface area contributed by atoms with Crippen LogP contribution in [0.25, 0.3) is 0 Å². The van der Waals surface area contributed by atoms with Crippen LogP contribution in [-0.2, 0) is 13.0 Å². The highest BCUT2D eigenvalue weighted by atomic mass is 35.5. The van der Waals surface area contributed by atoms with E-state index in [1.165, 1.54) is 0 Å². The van der Waals surface area contributed by atoms with E-state index in [1.54, 1.807) is 12.5 Å². The summed E-state index contributed by atoms with van der Waals surface area (Å²) in [5.74, 6) is 1.96. The first kappa shape index (κ1) is 11.3. The molecule has 0 N–H and O–H groups in total. The molecule has 0 spiro atoms. The number of halogens is 1. The lowest BCUT2D eigenvalue weighted by Crippen LogP contribution is -2.09. The van der Waals surface area contributed by atoms with Gasteiger partial charge < -0.3 is 8.98 Å². The van der Waals surface area contributed by atoms with Crippen molar-refractivity contribution in [1.82, 2.24) is 9.55 Å². The molecular formula is C12H15ClN2O. The molecule has 0 aliphatic carbocycles. The number of nitrogens with zero attached hydrogens (tertiary/aromatic N) is 2. The van der Waals surface area contributed by atoms with Gasteiger partial charge in [0.15, 0.2) is 0 Å². The Morgan fingerprint density at radius 2 is 2.38 bits per heavy atom. The van der Waals surface area contributed by atoms with Crippen molar-refractivity contribution in [2.75, 3.05) is 0 Å². The third-order valence-electron chi connectivity index (χ3n) is 2.47. The summed E-state index contributed by atoms with van der Waals surface area (Å²) in [6, 6.07) is 3.99. The van der Waals surface area contributed by atoms with Crippen LogP contribution in [0.2, 0.25) is 0 Å². The normalized spacial score (nSPS) is 12.9. The van der Waals surface area contributed by atoms with Crippen LogP contribution in [0.5, 0.6) is 0 Å². The number of furan rings is 1. The van der Waals surface area contributed by atoms with Gasteiger partial charge in [0.25, 0.3) is 0 Å². The van der Waals surface area contributed by atoms with Crippen molar-refractivity contribution in [3.63, 3.8) is 0 Å². The predicted octanol–water partition coefficient (Wildman–Crippen LogP) is 3.02. The summed E-state index contributed by atoms with van der Waals surface area (Å²) in [4.78, 5) is 3.98. The lowest BCUT2D eigenvalue weighted by Gasteiger charge is -2.08. The van der Waals surface area contributed by atoms with E-state index in [2.05, 4.69) is 4.98 Å². The molecule has 0 aromatic carbocycles. The van der Waals surface area contributed by atoms with Gasteiger partial charge in [0, 0.05) is 25.4 Å². The topological polar surface area (TPSA) is 31.0 Å². The molecule has 16 heavy (non-hydrogen) atoms. The summed E-state index contributed by atoms with van der Waals surface area (Å²) < 4.78 is 7.48. The fourth-order valence-electron chi connectivity index (χ4n) is 1.63. The summed E-state index contributed by atoms with van der Waals surface area (Å²) in [7, 11) is 0. The zero-order chi connectivity index (χ0) is 11.4. The maximum Gasteiger partial charge on any atom is 0.104 e. The van der Waals surface area contributed by atoms with Gasteiger partial charge in [0.1, 0.15) is 11.5 Å². The first-order valence-electron chi connectivity index (χ1n) is 5.39. The largest absolute Gasteiger partial charge is 0.466 e. The van der Waals surface area contributed by atoms with Crippen molar-refractivity contribution in [3.05, 3.63) is 42.4 Å². The molecule has 0 radical (unpaired) electrons. The van der Waals surface area contributed by atoms with Crippen LogP contribution in [0, 0.1) is 6.92 Å². The first-order chi connectivity index (χ1) is 7.74. The first-order valence-corrected chi connectivity index (χ1v) is 5.83. The monoisotopic (exact) mass is 238 g/mol. The summed E-state index contributed by atoms with van der Waals surface area (Å²) >= 11 is 6.24. The van der Waals surface area contributed by atoms with E-state index in [0.717, 1.165) is 30.9 Å². The van der Waals surface area contributed by atoms with Gasteiger partial charge in [0.05, 0.1) is 11.7 Å². The quantitative estimate of drug-likeness (QED) is 0.750. The number of imidazole rings is 1. The minimum Gasteiger partial charge on any atom is -0.466 e. The minimum atomic E-state index is 0.111. The molecule has 4 heteroatoms. The van der Waals surface area contributed by atoms with E-state index in [-0.39, 0.29) is 5.38 Å². The lowest BCUT2D eigenvalue weighted by atomic mass is 10.2. The molecule has 2 aromatic rings. The Bertz CT molecular complexity index is 422. The van der Waals surface area contributed by atoms with Gasteiger partial charge >= 0.3 is 0 Å². The van der Waals surface area contributed by atoms with Gasteiger partial charge in [-0.3, -0.25) is 0 Å². The maximum absolute atomic E-state index is 6.24. The van der Waals surface area contributed by atoms with E-state index >= 15 is 0 Å². The Kier molecular flexibility index (Phi) is 3.67. The van der Waals surface area contributed by atoms with Crippen molar-refractivity contribution in [2.24, 2.45) is 0 Å². The highest BCUT2D eigenvalue weighted by Crippen LogP contribution is 2.13. The number of hydrogen-bond acceptors (Lipinski definition) is 2. The van der Waals surface area contributed by atoms with Crippen LogP contribution in [0.4, 0.5) is 0 Å². The highest BCUT2D eigenvalue weighted by Gasteiger charge is 2.07. The number of aromatic nitrogens is 2. The maximum atomic E-state index is 6.24. The van der Waals surface area contributed by atoms with Crippen LogP contribution in [0.3, 0.4) is 0 Å². The minimum absolute atomic E-state index is 0.111. The van der Waals surface area contributed by atoms with Gasteiger partial charge in [-0.05, 0) is 25.5 Å². The Labute approximate surface area is 100 Å².